The normalized spacial score (nSPS) is 12.4. The van der Waals surface area contributed by atoms with Gasteiger partial charge >= 0.3 is 11.0 Å². The van der Waals surface area contributed by atoms with Crippen LogP contribution in [0.2, 0.25) is 0 Å². The Balaban J connectivity index is 2.16. The molecule has 0 aliphatic rings. The fourth-order valence-corrected chi connectivity index (χ4v) is 3.96. The second-order valence-electron chi connectivity index (χ2n) is 5.58. The Bertz CT molecular complexity index is 1190. The number of halogens is 5. The number of primary sulfonamides is 1. The zero-order valence-electron chi connectivity index (χ0n) is 13.5. The summed E-state index contributed by atoms with van der Waals surface area (Å²) in [6.45, 7) is 0. The van der Waals surface area contributed by atoms with Gasteiger partial charge in [0.1, 0.15) is 11.6 Å². The standard InChI is InChI=1S/C16H9F5N2O3S2/c17-11-5-8(6-12(18)14(11)28(22,25)26)13-7-27-15(24)23(13)10-3-1-9(2-4-10)16(19,20)21/h1-7H,(H2,22,25,26). The van der Waals surface area contributed by atoms with Crippen LogP contribution < -0.4 is 10.0 Å². The van der Waals surface area contributed by atoms with E-state index in [1.54, 1.807) is 0 Å². The van der Waals surface area contributed by atoms with E-state index in [9.17, 15) is 35.2 Å². The molecule has 0 spiro atoms. The maximum Gasteiger partial charge on any atom is 0.416 e. The van der Waals surface area contributed by atoms with Crippen molar-refractivity contribution >= 4 is 21.4 Å². The van der Waals surface area contributed by atoms with Gasteiger partial charge in [0.15, 0.2) is 4.90 Å². The number of sulfonamides is 1. The molecular formula is C16H9F5N2O3S2. The Hall–Kier alpha value is -2.57. The molecule has 0 saturated carbocycles. The Morgan fingerprint density at radius 2 is 1.54 bits per heavy atom. The van der Waals surface area contributed by atoms with Crippen LogP contribution in [-0.4, -0.2) is 13.0 Å². The number of hydrogen-bond acceptors (Lipinski definition) is 4. The zero-order valence-corrected chi connectivity index (χ0v) is 15.1. The van der Waals surface area contributed by atoms with Gasteiger partial charge in [0.2, 0.25) is 10.0 Å². The van der Waals surface area contributed by atoms with E-state index in [0.29, 0.717) is 23.5 Å². The molecule has 0 saturated heterocycles. The van der Waals surface area contributed by atoms with Crippen molar-refractivity contribution in [1.82, 2.24) is 4.57 Å². The van der Waals surface area contributed by atoms with Gasteiger partial charge in [-0.1, -0.05) is 11.3 Å². The molecule has 0 amide bonds. The lowest BCUT2D eigenvalue weighted by Gasteiger charge is -2.11. The van der Waals surface area contributed by atoms with E-state index in [4.69, 9.17) is 5.14 Å². The Kier molecular flexibility index (Phi) is 4.89. The highest BCUT2D eigenvalue weighted by Gasteiger charge is 2.30. The molecule has 1 aromatic heterocycles. The third-order valence-corrected chi connectivity index (χ3v) is 5.41. The summed E-state index contributed by atoms with van der Waals surface area (Å²) in [7, 11) is -4.66. The summed E-state index contributed by atoms with van der Waals surface area (Å²) in [4.78, 5) is 10.2. The van der Waals surface area contributed by atoms with E-state index in [1.165, 1.54) is 5.38 Å². The first kappa shape index (κ1) is 20.2. The number of rotatable bonds is 3. The average molecular weight is 436 g/mol. The monoisotopic (exact) mass is 436 g/mol. The number of thiazole rings is 1. The minimum Gasteiger partial charge on any atom is -0.267 e. The van der Waals surface area contributed by atoms with Gasteiger partial charge in [-0.25, -0.2) is 22.3 Å². The second kappa shape index (κ2) is 6.79. The molecule has 0 atom stereocenters. The SMILES string of the molecule is NS(=O)(=O)c1c(F)cc(-c2csc(=O)n2-c2ccc(C(F)(F)F)cc2)cc1F. The molecule has 12 heteroatoms. The lowest BCUT2D eigenvalue weighted by Crippen LogP contribution is -2.17. The summed E-state index contributed by atoms with van der Waals surface area (Å²) in [5, 5.41) is 6.01. The Labute approximate surface area is 158 Å². The van der Waals surface area contributed by atoms with Crippen molar-refractivity contribution in [2.24, 2.45) is 5.14 Å². The number of nitrogens with two attached hydrogens (primary N) is 1. The van der Waals surface area contributed by atoms with Gasteiger partial charge in [-0.05, 0) is 36.4 Å². The highest BCUT2D eigenvalue weighted by atomic mass is 32.2. The van der Waals surface area contributed by atoms with Crippen LogP contribution >= 0.6 is 11.3 Å². The van der Waals surface area contributed by atoms with Crippen LogP contribution in [0, 0.1) is 11.6 Å². The van der Waals surface area contributed by atoms with Crippen LogP contribution in [-0.2, 0) is 16.2 Å². The first-order chi connectivity index (χ1) is 12.9. The molecule has 0 bridgehead atoms. The molecule has 0 fully saturated rings. The molecule has 2 N–H and O–H groups in total. The number of aromatic nitrogens is 1. The van der Waals surface area contributed by atoms with Crippen LogP contribution in [0.4, 0.5) is 22.0 Å². The van der Waals surface area contributed by atoms with Crippen molar-refractivity contribution in [1.29, 1.82) is 0 Å². The van der Waals surface area contributed by atoms with Gasteiger partial charge in [-0.3, -0.25) is 9.36 Å². The highest BCUT2D eigenvalue weighted by molar-refractivity contribution is 7.89. The van der Waals surface area contributed by atoms with Crippen molar-refractivity contribution in [2.45, 2.75) is 11.1 Å². The van der Waals surface area contributed by atoms with Gasteiger partial charge in [-0.2, -0.15) is 13.2 Å². The van der Waals surface area contributed by atoms with E-state index in [-0.39, 0.29) is 16.9 Å². The van der Waals surface area contributed by atoms with Gasteiger partial charge in [-0.15, -0.1) is 0 Å². The largest absolute Gasteiger partial charge is 0.416 e. The molecule has 0 radical (unpaired) electrons. The molecule has 0 aliphatic carbocycles. The van der Waals surface area contributed by atoms with Crippen LogP contribution in [0.3, 0.4) is 0 Å². The van der Waals surface area contributed by atoms with Crippen molar-refractivity contribution in [2.75, 3.05) is 0 Å². The van der Waals surface area contributed by atoms with Gasteiger partial charge in [0.05, 0.1) is 16.9 Å². The van der Waals surface area contributed by atoms with Crippen LogP contribution in [0.15, 0.2) is 51.5 Å². The van der Waals surface area contributed by atoms with Crippen molar-refractivity contribution in [3.63, 3.8) is 0 Å². The fourth-order valence-electron chi connectivity index (χ4n) is 2.53. The smallest absolute Gasteiger partial charge is 0.267 e. The van der Waals surface area contributed by atoms with Gasteiger partial charge in [0.25, 0.3) is 0 Å². The van der Waals surface area contributed by atoms with E-state index >= 15 is 0 Å². The molecule has 1 heterocycles. The van der Waals surface area contributed by atoms with Crippen molar-refractivity contribution in [3.05, 3.63) is 68.6 Å². The van der Waals surface area contributed by atoms with E-state index in [1.807, 2.05) is 0 Å². The summed E-state index contributed by atoms with van der Waals surface area (Å²) in [5.41, 5.74) is -1.13. The zero-order chi connectivity index (χ0) is 20.9. The molecule has 0 aliphatic heterocycles. The third-order valence-electron chi connectivity index (χ3n) is 3.73. The summed E-state index contributed by atoms with van der Waals surface area (Å²) >= 11 is 0.649. The summed E-state index contributed by atoms with van der Waals surface area (Å²) in [6, 6.07) is 4.93. The fraction of sp³-hybridized carbons (Fsp3) is 0.0625. The first-order valence-electron chi connectivity index (χ1n) is 7.30. The molecule has 5 nitrogen and oxygen atoms in total. The summed E-state index contributed by atoms with van der Waals surface area (Å²) < 4.78 is 89.8. The van der Waals surface area contributed by atoms with Crippen LogP contribution in [0.1, 0.15) is 5.56 Å². The minimum atomic E-state index is -4.66. The van der Waals surface area contributed by atoms with E-state index in [0.717, 1.165) is 28.8 Å². The lowest BCUT2D eigenvalue weighted by atomic mass is 10.1. The Morgan fingerprint density at radius 1 is 1.00 bits per heavy atom. The quantitative estimate of drug-likeness (QED) is 0.638. The number of alkyl halides is 3. The first-order valence-corrected chi connectivity index (χ1v) is 9.72. The van der Waals surface area contributed by atoms with Crippen LogP contribution in [0.5, 0.6) is 0 Å². The van der Waals surface area contributed by atoms with Crippen molar-refractivity contribution in [3.8, 4) is 16.9 Å². The maximum atomic E-state index is 14.1. The third kappa shape index (κ3) is 3.70. The van der Waals surface area contributed by atoms with Crippen LogP contribution in [0.25, 0.3) is 16.9 Å². The lowest BCUT2D eigenvalue weighted by molar-refractivity contribution is -0.137. The molecule has 0 unspecified atom stereocenters. The Morgan fingerprint density at radius 3 is 2.00 bits per heavy atom. The van der Waals surface area contributed by atoms with Gasteiger partial charge < -0.3 is 0 Å². The summed E-state index contributed by atoms with van der Waals surface area (Å²) in [5.74, 6) is -2.93. The molecule has 28 heavy (non-hydrogen) atoms. The molecule has 2 aromatic carbocycles. The number of hydrogen-bond donors (Lipinski definition) is 1. The average Bonchev–Trinajstić information content (AvgIpc) is 2.93. The molecule has 3 rings (SSSR count). The number of nitrogens with zero attached hydrogens (tertiary/aromatic N) is 1. The highest BCUT2D eigenvalue weighted by Crippen LogP contribution is 2.31. The predicted molar refractivity (Wildman–Crippen MR) is 91.6 cm³/mol. The number of benzene rings is 2. The summed E-state index contributed by atoms with van der Waals surface area (Å²) in [6.07, 6.45) is -4.57. The van der Waals surface area contributed by atoms with E-state index in [2.05, 4.69) is 0 Å². The molecule has 148 valence electrons. The van der Waals surface area contributed by atoms with E-state index < -0.39 is 43.2 Å². The topological polar surface area (TPSA) is 82.2 Å². The van der Waals surface area contributed by atoms with Crippen molar-refractivity contribution < 1.29 is 30.4 Å². The van der Waals surface area contributed by atoms with Gasteiger partial charge in [0, 0.05) is 10.9 Å². The molecular weight excluding hydrogens is 427 g/mol. The predicted octanol–water partition coefficient (Wildman–Crippen LogP) is 3.51. The minimum absolute atomic E-state index is 0.0330. The second-order valence-corrected chi connectivity index (χ2v) is 7.90. The maximum absolute atomic E-state index is 14.1. The molecule has 3 aromatic rings.